The van der Waals surface area contributed by atoms with Gasteiger partial charge in [0.2, 0.25) is 0 Å². The molecule has 2 aromatic carbocycles. The van der Waals surface area contributed by atoms with Gasteiger partial charge in [-0.3, -0.25) is 0 Å². The predicted molar refractivity (Wildman–Crippen MR) is 235 cm³/mol. The lowest BCUT2D eigenvalue weighted by atomic mass is 9.46. The van der Waals surface area contributed by atoms with Crippen molar-refractivity contribution >= 4 is 7.85 Å². The predicted octanol–water partition coefficient (Wildman–Crippen LogP) is 12.9. The van der Waals surface area contributed by atoms with Crippen LogP contribution in [0, 0.1) is 65.1 Å². The molecule has 6 heteroatoms. The minimum absolute atomic E-state index is 0. The molecule has 0 aromatic heterocycles. The number of ether oxygens (including phenoxy) is 4. The summed E-state index contributed by atoms with van der Waals surface area (Å²) in [6.45, 7) is 26.2. The third kappa shape index (κ3) is 10.7. The van der Waals surface area contributed by atoms with Crippen LogP contribution in [-0.2, 0) is 0 Å². The van der Waals surface area contributed by atoms with Crippen molar-refractivity contribution in [2.45, 2.75) is 148 Å². The van der Waals surface area contributed by atoms with Crippen molar-refractivity contribution in [1.29, 1.82) is 0 Å². The van der Waals surface area contributed by atoms with Gasteiger partial charge >= 0.3 is 0 Å². The summed E-state index contributed by atoms with van der Waals surface area (Å²) >= 11 is 0. The Morgan fingerprint density at radius 2 is 1.11 bits per heavy atom. The second kappa shape index (κ2) is 19.7. The van der Waals surface area contributed by atoms with Gasteiger partial charge in [-0.25, -0.2) is 0 Å². The Bertz CT molecular complexity index is 1530. The molecule has 8 atom stereocenters. The summed E-state index contributed by atoms with van der Waals surface area (Å²) < 4.78 is 23.3. The Labute approximate surface area is 340 Å². The zero-order valence-corrected chi connectivity index (χ0v) is 35.7. The van der Waals surface area contributed by atoms with Gasteiger partial charge in [0.15, 0.2) is 0 Å². The summed E-state index contributed by atoms with van der Waals surface area (Å²) in [5.41, 5.74) is 5.11. The van der Waals surface area contributed by atoms with E-state index in [-0.39, 0.29) is 32.3 Å². The van der Waals surface area contributed by atoms with Crippen LogP contribution >= 0.6 is 0 Å². The van der Waals surface area contributed by atoms with Crippen LogP contribution in [0.2, 0.25) is 6.82 Å². The van der Waals surface area contributed by atoms with Crippen LogP contribution in [-0.4, -0.2) is 46.5 Å². The van der Waals surface area contributed by atoms with Crippen LogP contribution < -0.4 is 18.9 Å². The van der Waals surface area contributed by atoms with Crippen molar-refractivity contribution in [3.63, 3.8) is 0 Å². The zero-order chi connectivity index (χ0) is 39.4. The molecule has 3 saturated carbocycles. The molecule has 2 aromatic rings. The Balaban J connectivity index is 0.000000352. The Hall–Kier alpha value is -2.60. The number of rotatable bonds is 8. The zero-order valence-electron chi connectivity index (χ0n) is 35.7. The smallest absolute Gasteiger partial charge is 0.123 e. The summed E-state index contributed by atoms with van der Waals surface area (Å²) in [5.74, 6) is 5.91. The summed E-state index contributed by atoms with van der Waals surface area (Å²) in [5, 5.41) is 10.8. The second-order valence-corrected chi connectivity index (χ2v) is 18.8. The first-order chi connectivity index (χ1) is 24.9. The Morgan fingerprint density at radius 3 is 1.62 bits per heavy atom. The first kappa shape index (κ1) is 48.6. The van der Waals surface area contributed by atoms with E-state index < -0.39 is 0 Å². The molecule has 310 valence electrons. The average molecular weight is 761 g/mol. The highest BCUT2D eigenvalue weighted by atomic mass is 16.5. The van der Waals surface area contributed by atoms with Crippen molar-refractivity contribution in [3.8, 4) is 23.0 Å². The van der Waals surface area contributed by atoms with Crippen LogP contribution in [0.15, 0.2) is 48.0 Å². The minimum Gasteiger partial charge on any atom is -0.497 e. The van der Waals surface area contributed by atoms with Crippen LogP contribution in [0.1, 0.15) is 133 Å². The summed E-state index contributed by atoms with van der Waals surface area (Å²) in [7, 11) is 7.90. The summed E-state index contributed by atoms with van der Waals surface area (Å²) in [6, 6.07) is 12.2. The Morgan fingerprint density at radius 1 is 0.655 bits per heavy atom. The fraction of sp³-hybridized carbons (Fsp3) is 0.714. The van der Waals surface area contributed by atoms with Gasteiger partial charge < -0.3 is 24.1 Å². The molecule has 0 spiro atoms. The third-order valence-corrected chi connectivity index (χ3v) is 14.5. The summed E-state index contributed by atoms with van der Waals surface area (Å²) in [4.78, 5) is 0. The molecule has 0 aliphatic heterocycles. The second-order valence-electron chi connectivity index (χ2n) is 18.8. The van der Waals surface area contributed by atoms with E-state index in [0.29, 0.717) is 40.6 Å². The molecule has 55 heavy (non-hydrogen) atoms. The van der Waals surface area contributed by atoms with Gasteiger partial charge in [-0.1, -0.05) is 94.6 Å². The third-order valence-electron chi connectivity index (χ3n) is 14.5. The van der Waals surface area contributed by atoms with Crippen molar-refractivity contribution in [3.05, 3.63) is 59.2 Å². The van der Waals surface area contributed by atoms with Crippen molar-refractivity contribution in [1.82, 2.24) is 0 Å². The van der Waals surface area contributed by atoms with E-state index in [0.717, 1.165) is 47.5 Å². The van der Waals surface area contributed by atoms with Gasteiger partial charge in [-0.2, -0.15) is 0 Å². The first-order valence-electron chi connectivity index (χ1n) is 20.4. The van der Waals surface area contributed by atoms with E-state index >= 15 is 0 Å². The molecular formula is C49H81BO5. The maximum atomic E-state index is 10.8. The molecule has 2 unspecified atom stereocenters. The molecule has 5 nitrogen and oxygen atoms in total. The van der Waals surface area contributed by atoms with Gasteiger partial charge in [0.25, 0.3) is 0 Å². The first-order valence-corrected chi connectivity index (χ1v) is 20.4. The molecule has 4 aliphatic carbocycles. The molecule has 0 saturated heterocycles. The number of aliphatic hydroxyl groups excluding tert-OH is 1. The SMILES string of the molecule is C.C.COc1cc(C)cc(OC[C@H]2C(C)=CC[C@H]3C(C)(C)CCC[C@]23C)c1.COc1cc(C)cc(OC[C@H]2C(C)C(O)C[C@H]3C(C)(C)CCC[C@]23C)c1.[B]C. The lowest BCUT2D eigenvalue weighted by Gasteiger charge is -2.60. The van der Waals surface area contributed by atoms with Gasteiger partial charge in [-0.15, -0.1) is 0 Å². The number of aryl methyl sites for hydroxylation is 2. The number of fused-ring (bicyclic) bond motifs is 2. The fourth-order valence-corrected chi connectivity index (χ4v) is 11.5. The highest BCUT2D eigenvalue weighted by Crippen LogP contribution is 2.62. The lowest BCUT2D eigenvalue weighted by Crippen LogP contribution is -2.56. The van der Waals surface area contributed by atoms with E-state index in [1.54, 1.807) is 14.2 Å². The lowest BCUT2D eigenvalue weighted by molar-refractivity contribution is -0.148. The van der Waals surface area contributed by atoms with E-state index in [9.17, 15) is 5.11 Å². The number of hydrogen-bond donors (Lipinski definition) is 1. The molecule has 1 N–H and O–H groups in total. The quantitative estimate of drug-likeness (QED) is 0.214. The van der Waals surface area contributed by atoms with E-state index in [1.165, 1.54) is 62.9 Å². The van der Waals surface area contributed by atoms with E-state index in [2.05, 4.69) is 95.3 Å². The number of methoxy groups -OCH3 is 2. The monoisotopic (exact) mass is 761 g/mol. The Kier molecular flexibility index (Phi) is 17.4. The maximum Gasteiger partial charge on any atom is 0.123 e. The largest absolute Gasteiger partial charge is 0.497 e. The highest BCUT2D eigenvalue weighted by molar-refractivity contribution is 6.05. The van der Waals surface area contributed by atoms with Gasteiger partial charge in [0.05, 0.1) is 41.4 Å². The number of allylic oxidation sites excluding steroid dienone is 1. The average Bonchev–Trinajstić information content (AvgIpc) is 3.09. The van der Waals surface area contributed by atoms with Gasteiger partial charge in [-0.05, 0) is 134 Å². The molecule has 0 heterocycles. The van der Waals surface area contributed by atoms with Gasteiger partial charge in [0.1, 0.15) is 23.0 Å². The van der Waals surface area contributed by atoms with E-state index in [4.69, 9.17) is 18.9 Å². The molecule has 2 radical (unpaired) electrons. The topological polar surface area (TPSA) is 57.2 Å². The molecule has 0 bridgehead atoms. The number of aliphatic hydroxyl groups is 1. The van der Waals surface area contributed by atoms with E-state index in [1.807, 2.05) is 24.3 Å². The van der Waals surface area contributed by atoms with Crippen molar-refractivity contribution in [2.75, 3.05) is 27.4 Å². The minimum atomic E-state index is -0.230. The molecule has 4 aliphatic rings. The number of benzene rings is 2. The van der Waals surface area contributed by atoms with Gasteiger partial charge in [0, 0.05) is 24.0 Å². The van der Waals surface area contributed by atoms with Crippen LogP contribution in [0.4, 0.5) is 0 Å². The maximum absolute atomic E-state index is 10.8. The normalized spacial score (nSPS) is 31.3. The molecular weight excluding hydrogens is 679 g/mol. The van der Waals surface area contributed by atoms with Crippen molar-refractivity contribution in [2.24, 2.45) is 51.2 Å². The molecule has 3 fully saturated rings. The van der Waals surface area contributed by atoms with Crippen LogP contribution in [0.5, 0.6) is 23.0 Å². The molecule has 6 rings (SSSR count). The summed E-state index contributed by atoms with van der Waals surface area (Å²) in [6.07, 6.45) is 12.2. The number of hydrogen-bond acceptors (Lipinski definition) is 5. The van der Waals surface area contributed by atoms with Crippen LogP contribution in [0.25, 0.3) is 0 Å². The van der Waals surface area contributed by atoms with Crippen molar-refractivity contribution < 1.29 is 24.1 Å². The van der Waals surface area contributed by atoms with Crippen LogP contribution in [0.3, 0.4) is 0 Å². The highest BCUT2D eigenvalue weighted by Gasteiger charge is 2.56. The molecule has 0 amide bonds. The standard InChI is InChI=1S/C23H36O3.C23H34O2.CH3B.2CH4/c1-15-10-17(25-6)12-18(11-15)26-14-19-16(2)20(24)13-21-22(3,4)8-7-9-23(19,21)5;1-16-12-18(24-6)14-19(13-16)25-15-20-17(2)8-9-21-22(3,4)10-7-11-23(20,21)5;1-2;;/h10-12,16,19-21,24H,7-9,13-14H2,1-6H3;8,12-14,20-21H,7,9-11,15H2,1-6H3;1H3;2*1H4/t16?,19-,20?,21-,23+;20-,21-,23+;;;/m00.../s1. The fourth-order valence-electron chi connectivity index (χ4n) is 11.5.